The van der Waals surface area contributed by atoms with Gasteiger partial charge in [0.15, 0.2) is 0 Å². The Morgan fingerprint density at radius 1 is 1.41 bits per heavy atom. The average Bonchev–Trinajstić information content (AvgIpc) is 2.98. The Morgan fingerprint density at radius 2 is 2.23 bits per heavy atom. The molecule has 0 bridgehead atoms. The Labute approximate surface area is 136 Å². The number of hydrogen-bond donors (Lipinski definition) is 2. The summed E-state index contributed by atoms with van der Waals surface area (Å²) >= 11 is 6.14. The van der Waals surface area contributed by atoms with E-state index in [9.17, 15) is 4.79 Å². The first-order valence-electron chi connectivity index (χ1n) is 8.07. The summed E-state index contributed by atoms with van der Waals surface area (Å²) in [6.07, 6.45) is 4.61. The van der Waals surface area contributed by atoms with Gasteiger partial charge in [-0.2, -0.15) is 0 Å². The minimum absolute atomic E-state index is 0.0217. The highest BCUT2D eigenvalue weighted by atomic mass is 35.5. The van der Waals surface area contributed by atoms with Crippen molar-refractivity contribution in [2.75, 3.05) is 19.7 Å². The molecular formula is C17H23ClN2O2. The van der Waals surface area contributed by atoms with Crippen LogP contribution in [-0.2, 0) is 15.1 Å². The van der Waals surface area contributed by atoms with E-state index in [2.05, 4.69) is 16.7 Å². The molecule has 1 aliphatic heterocycles. The van der Waals surface area contributed by atoms with Crippen molar-refractivity contribution in [1.29, 1.82) is 0 Å². The van der Waals surface area contributed by atoms with Crippen molar-refractivity contribution in [1.82, 2.24) is 10.6 Å². The average molecular weight is 323 g/mol. The van der Waals surface area contributed by atoms with Crippen molar-refractivity contribution in [3.63, 3.8) is 0 Å². The van der Waals surface area contributed by atoms with E-state index in [-0.39, 0.29) is 17.6 Å². The lowest BCUT2D eigenvalue weighted by Gasteiger charge is -2.32. The first-order valence-corrected chi connectivity index (χ1v) is 8.45. The molecule has 1 amide bonds. The summed E-state index contributed by atoms with van der Waals surface area (Å²) in [5, 5.41) is 7.26. The Bertz CT molecular complexity index is 523. The van der Waals surface area contributed by atoms with Crippen molar-refractivity contribution in [2.45, 2.75) is 43.7 Å². The summed E-state index contributed by atoms with van der Waals surface area (Å²) in [6, 6.07) is 7.87. The largest absolute Gasteiger partial charge is 0.375 e. The fraction of sp³-hybridized carbons (Fsp3) is 0.588. The maximum Gasteiger partial charge on any atom is 0.223 e. The number of carbonyl (C=O) groups is 1. The summed E-state index contributed by atoms with van der Waals surface area (Å²) in [4.78, 5) is 12.5. The number of rotatable bonds is 4. The lowest BCUT2D eigenvalue weighted by molar-refractivity contribution is -0.126. The SMILES string of the molecule is O=C(C[C@H]1CNCCO1)NC1(c2cccc(Cl)c2)CCCC1. The third kappa shape index (κ3) is 3.62. The van der Waals surface area contributed by atoms with Gasteiger partial charge in [0.05, 0.1) is 24.7 Å². The Kier molecular flexibility index (Phi) is 5.01. The summed E-state index contributed by atoms with van der Waals surface area (Å²) in [5.74, 6) is 0.0653. The molecule has 0 aromatic heterocycles. The molecule has 2 fully saturated rings. The first-order chi connectivity index (χ1) is 10.7. The van der Waals surface area contributed by atoms with Gasteiger partial charge in [-0.05, 0) is 30.5 Å². The molecule has 0 radical (unpaired) electrons. The minimum Gasteiger partial charge on any atom is -0.375 e. The molecule has 22 heavy (non-hydrogen) atoms. The van der Waals surface area contributed by atoms with E-state index in [1.165, 1.54) is 0 Å². The smallest absolute Gasteiger partial charge is 0.223 e. The van der Waals surface area contributed by atoms with Gasteiger partial charge in [-0.3, -0.25) is 4.79 Å². The van der Waals surface area contributed by atoms with Crippen molar-refractivity contribution >= 4 is 17.5 Å². The molecule has 1 saturated carbocycles. The topological polar surface area (TPSA) is 50.4 Å². The maximum atomic E-state index is 12.5. The lowest BCUT2D eigenvalue weighted by atomic mass is 9.88. The normalized spacial score (nSPS) is 24.1. The van der Waals surface area contributed by atoms with Gasteiger partial charge in [0, 0.05) is 18.1 Å². The van der Waals surface area contributed by atoms with Gasteiger partial charge in [0.25, 0.3) is 0 Å². The van der Waals surface area contributed by atoms with Gasteiger partial charge in [0.2, 0.25) is 5.91 Å². The molecule has 2 aliphatic rings. The van der Waals surface area contributed by atoms with Crippen LogP contribution >= 0.6 is 11.6 Å². The van der Waals surface area contributed by atoms with Crippen LogP contribution in [0, 0.1) is 0 Å². The summed E-state index contributed by atoms with van der Waals surface area (Å²) in [7, 11) is 0. The quantitative estimate of drug-likeness (QED) is 0.896. The van der Waals surface area contributed by atoms with Gasteiger partial charge in [-0.25, -0.2) is 0 Å². The van der Waals surface area contributed by atoms with Gasteiger partial charge in [-0.15, -0.1) is 0 Å². The molecule has 1 aromatic carbocycles. The van der Waals surface area contributed by atoms with Crippen molar-refractivity contribution in [2.24, 2.45) is 0 Å². The van der Waals surface area contributed by atoms with E-state index in [0.29, 0.717) is 13.0 Å². The predicted octanol–water partition coefficient (Wildman–Crippen LogP) is 2.60. The first kappa shape index (κ1) is 15.8. The summed E-state index contributed by atoms with van der Waals surface area (Å²) in [5.41, 5.74) is 0.859. The molecule has 1 atom stereocenters. The van der Waals surface area contributed by atoms with Crippen LogP contribution in [0.15, 0.2) is 24.3 Å². The molecule has 1 saturated heterocycles. The highest BCUT2D eigenvalue weighted by Crippen LogP contribution is 2.39. The van der Waals surface area contributed by atoms with Crippen LogP contribution in [0.1, 0.15) is 37.7 Å². The van der Waals surface area contributed by atoms with Crippen LogP contribution in [0.4, 0.5) is 0 Å². The molecule has 120 valence electrons. The second kappa shape index (κ2) is 6.99. The molecular weight excluding hydrogens is 300 g/mol. The maximum absolute atomic E-state index is 12.5. The number of halogens is 1. The number of benzene rings is 1. The highest BCUT2D eigenvalue weighted by Gasteiger charge is 2.37. The van der Waals surface area contributed by atoms with Crippen molar-refractivity contribution < 1.29 is 9.53 Å². The fourth-order valence-electron chi connectivity index (χ4n) is 3.53. The zero-order chi connectivity index (χ0) is 15.4. The summed E-state index contributed by atoms with van der Waals surface area (Å²) < 4.78 is 5.63. The van der Waals surface area contributed by atoms with E-state index in [1.54, 1.807) is 0 Å². The molecule has 4 nitrogen and oxygen atoms in total. The van der Waals surface area contributed by atoms with Gasteiger partial charge < -0.3 is 15.4 Å². The Hall–Kier alpha value is -1.10. The van der Waals surface area contributed by atoms with Crippen LogP contribution in [0.5, 0.6) is 0 Å². The number of nitrogens with one attached hydrogen (secondary N) is 2. The van der Waals surface area contributed by atoms with Crippen molar-refractivity contribution in [3.8, 4) is 0 Å². The second-order valence-corrected chi connectivity index (χ2v) is 6.69. The highest BCUT2D eigenvalue weighted by molar-refractivity contribution is 6.30. The van der Waals surface area contributed by atoms with Crippen LogP contribution in [0.2, 0.25) is 5.02 Å². The molecule has 1 aromatic rings. The molecule has 2 N–H and O–H groups in total. The Balaban J connectivity index is 1.70. The van der Waals surface area contributed by atoms with E-state index in [4.69, 9.17) is 16.3 Å². The number of ether oxygens (including phenoxy) is 1. The molecule has 3 rings (SSSR count). The van der Waals surface area contributed by atoms with E-state index in [1.807, 2.05) is 18.2 Å². The van der Waals surface area contributed by atoms with Gasteiger partial charge in [-0.1, -0.05) is 36.6 Å². The third-order valence-electron chi connectivity index (χ3n) is 4.63. The van der Waals surface area contributed by atoms with Crippen LogP contribution in [-0.4, -0.2) is 31.7 Å². The predicted molar refractivity (Wildman–Crippen MR) is 87.0 cm³/mol. The zero-order valence-electron chi connectivity index (χ0n) is 12.7. The third-order valence-corrected chi connectivity index (χ3v) is 4.87. The molecule has 1 aliphatic carbocycles. The van der Waals surface area contributed by atoms with E-state index >= 15 is 0 Å². The summed E-state index contributed by atoms with van der Waals surface area (Å²) in [6.45, 7) is 2.29. The lowest BCUT2D eigenvalue weighted by Crippen LogP contribution is -2.47. The minimum atomic E-state index is -0.260. The van der Waals surface area contributed by atoms with E-state index in [0.717, 1.165) is 49.4 Å². The molecule has 0 spiro atoms. The number of amides is 1. The monoisotopic (exact) mass is 322 g/mol. The molecule has 0 unspecified atom stereocenters. The molecule has 1 heterocycles. The van der Waals surface area contributed by atoms with Gasteiger partial charge >= 0.3 is 0 Å². The molecule has 5 heteroatoms. The van der Waals surface area contributed by atoms with Crippen LogP contribution in [0.3, 0.4) is 0 Å². The van der Waals surface area contributed by atoms with Crippen LogP contribution < -0.4 is 10.6 Å². The van der Waals surface area contributed by atoms with Crippen molar-refractivity contribution in [3.05, 3.63) is 34.9 Å². The number of carbonyl (C=O) groups excluding carboxylic acids is 1. The fourth-order valence-corrected chi connectivity index (χ4v) is 3.72. The Morgan fingerprint density at radius 3 is 2.91 bits per heavy atom. The second-order valence-electron chi connectivity index (χ2n) is 6.25. The zero-order valence-corrected chi connectivity index (χ0v) is 13.5. The van der Waals surface area contributed by atoms with Crippen LogP contribution in [0.25, 0.3) is 0 Å². The number of morpholine rings is 1. The van der Waals surface area contributed by atoms with Gasteiger partial charge in [0.1, 0.15) is 0 Å². The standard InChI is InChI=1S/C17H23ClN2O2/c18-14-5-3-4-13(10-14)17(6-1-2-7-17)20-16(21)11-15-12-19-8-9-22-15/h3-5,10,15,19H,1-2,6-9,11-12H2,(H,20,21)/t15-/m0/s1. The van der Waals surface area contributed by atoms with E-state index < -0.39 is 0 Å². The number of hydrogen-bond acceptors (Lipinski definition) is 3.